The molecule has 0 bridgehead atoms. The largest absolute Gasteiger partial charge is 0.384 e. The van der Waals surface area contributed by atoms with Crippen LogP contribution in [0.3, 0.4) is 0 Å². The average Bonchev–Trinajstić information content (AvgIpc) is 1.88. The Morgan fingerprint density at radius 3 is 2.90 bits per heavy atom. The molecule has 10 heavy (non-hydrogen) atoms. The van der Waals surface area contributed by atoms with Crippen LogP contribution in [-0.2, 0) is 0 Å². The van der Waals surface area contributed by atoms with E-state index in [0.717, 1.165) is 5.69 Å². The Labute approximate surface area is 60.4 Å². The van der Waals surface area contributed by atoms with E-state index in [4.69, 9.17) is 5.73 Å². The molecule has 0 aliphatic carbocycles. The standard InChI is InChI=1S/C8H10N2/c1-2-4-7-5-3-6-8(9)10-7/h2-6H,1H3,(H2,9,10)/b4-2+. The first-order valence-corrected chi connectivity index (χ1v) is 3.18. The topological polar surface area (TPSA) is 38.9 Å². The maximum Gasteiger partial charge on any atom is 0.124 e. The number of pyridine rings is 1. The molecule has 2 heteroatoms. The summed E-state index contributed by atoms with van der Waals surface area (Å²) in [5, 5.41) is 0. The van der Waals surface area contributed by atoms with Gasteiger partial charge in [0.2, 0.25) is 0 Å². The van der Waals surface area contributed by atoms with Crippen LogP contribution in [0, 0.1) is 0 Å². The normalized spacial score (nSPS) is 10.5. The molecule has 0 radical (unpaired) electrons. The summed E-state index contributed by atoms with van der Waals surface area (Å²) in [7, 11) is 0. The number of hydrogen-bond acceptors (Lipinski definition) is 2. The molecule has 0 saturated carbocycles. The molecule has 0 unspecified atom stereocenters. The third-order valence-electron chi connectivity index (χ3n) is 1.13. The van der Waals surface area contributed by atoms with Crippen LogP contribution in [0.25, 0.3) is 6.08 Å². The molecule has 52 valence electrons. The van der Waals surface area contributed by atoms with Gasteiger partial charge >= 0.3 is 0 Å². The van der Waals surface area contributed by atoms with Crippen LogP contribution in [0.15, 0.2) is 24.3 Å². The van der Waals surface area contributed by atoms with Crippen molar-refractivity contribution in [2.75, 3.05) is 5.73 Å². The molecule has 0 aliphatic rings. The second kappa shape index (κ2) is 3.01. The van der Waals surface area contributed by atoms with Gasteiger partial charge in [0, 0.05) is 0 Å². The maximum absolute atomic E-state index is 5.44. The first kappa shape index (κ1) is 6.81. The maximum atomic E-state index is 5.44. The molecule has 0 atom stereocenters. The highest BCUT2D eigenvalue weighted by Crippen LogP contribution is 2.01. The lowest BCUT2D eigenvalue weighted by atomic mass is 10.3. The molecule has 1 heterocycles. The lowest BCUT2D eigenvalue weighted by Crippen LogP contribution is -1.89. The second-order valence-corrected chi connectivity index (χ2v) is 1.99. The number of nitrogens with two attached hydrogens (primary N) is 1. The molecule has 1 aromatic heterocycles. The van der Waals surface area contributed by atoms with Gasteiger partial charge in [-0.2, -0.15) is 0 Å². The number of anilines is 1. The minimum Gasteiger partial charge on any atom is -0.384 e. The van der Waals surface area contributed by atoms with Crippen molar-refractivity contribution in [1.82, 2.24) is 4.98 Å². The molecule has 0 saturated heterocycles. The van der Waals surface area contributed by atoms with Crippen LogP contribution >= 0.6 is 0 Å². The molecular weight excluding hydrogens is 124 g/mol. The summed E-state index contributed by atoms with van der Waals surface area (Å²) in [5.74, 6) is 0.565. The zero-order valence-electron chi connectivity index (χ0n) is 5.91. The van der Waals surface area contributed by atoms with E-state index >= 15 is 0 Å². The Morgan fingerprint density at radius 1 is 1.50 bits per heavy atom. The Balaban J connectivity index is 2.95. The lowest BCUT2D eigenvalue weighted by molar-refractivity contribution is 1.30. The number of nitrogen functional groups attached to an aromatic ring is 1. The van der Waals surface area contributed by atoms with Gasteiger partial charge in [-0.3, -0.25) is 0 Å². The predicted molar refractivity (Wildman–Crippen MR) is 43.4 cm³/mol. The van der Waals surface area contributed by atoms with Gasteiger partial charge in [-0.15, -0.1) is 0 Å². The van der Waals surface area contributed by atoms with Crippen molar-refractivity contribution in [2.24, 2.45) is 0 Å². The van der Waals surface area contributed by atoms with Gasteiger partial charge in [0.05, 0.1) is 5.69 Å². The Bertz CT molecular complexity index is 241. The van der Waals surface area contributed by atoms with Crippen molar-refractivity contribution < 1.29 is 0 Å². The molecule has 2 N–H and O–H groups in total. The SMILES string of the molecule is C/C=C/c1cccc(N)n1. The molecule has 0 amide bonds. The summed E-state index contributed by atoms with van der Waals surface area (Å²) in [4.78, 5) is 4.05. The van der Waals surface area contributed by atoms with Gasteiger partial charge in [-0.1, -0.05) is 12.1 Å². The number of nitrogens with zero attached hydrogens (tertiary/aromatic N) is 1. The summed E-state index contributed by atoms with van der Waals surface area (Å²) in [6, 6.07) is 5.57. The van der Waals surface area contributed by atoms with Gasteiger partial charge in [0.1, 0.15) is 5.82 Å². The van der Waals surface area contributed by atoms with E-state index in [1.54, 1.807) is 6.07 Å². The van der Waals surface area contributed by atoms with Crippen molar-refractivity contribution >= 4 is 11.9 Å². The lowest BCUT2D eigenvalue weighted by Gasteiger charge is -1.92. The van der Waals surface area contributed by atoms with Gasteiger partial charge in [-0.05, 0) is 25.1 Å². The smallest absolute Gasteiger partial charge is 0.124 e. The molecule has 0 fully saturated rings. The Kier molecular flexibility index (Phi) is 2.05. The highest BCUT2D eigenvalue weighted by molar-refractivity contribution is 5.46. The minimum atomic E-state index is 0.565. The fourth-order valence-electron chi connectivity index (χ4n) is 0.732. The third-order valence-corrected chi connectivity index (χ3v) is 1.13. The number of allylic oxidation sites excluding steroid dienone is 1. The fraction of sp³-hybridized carbons (Fsp3) is 0.125. The summed E-state index contributed by atoms with van der Waals surface area (Å²) >= 11 is 0. The fourth-order valence-corrected chi connectivity index (χ4v) is 0.732. The van der Waals surface area contributed by atoms with Crippen LogP contribution in [0.1, 0.15) is 12.6 Å². The monoisotopic (exact) mass is 134 g/mol. The van der Waals surface area contributed by atoms with E-state index in [1.165, 1.54) is 0 Å². The Morgan fingerprint density at radius 2 is 2.30 bits per heavy atom. The molecule has 2 nitrogen and oxygen atoms in total. The third kappa shape index (κ3) is 1.58. The van der Waals surface area contributed by atoms with E-state index < -0.39 is 0 Å². The molecule has 1 aromatic rings. The summed E-state index contributed by atoms with van der Waals surface area (Å²) in [6.45, 7) is 1.95. The van der Waals surface area contributed by atoms with E-state index in [2.05, 4.69) is 4.98 Å². The first-order valence-electron chi connectivity index (χ1n) is 3.18. The van der Waals surface area contributed by atoms with Crippen molar-refractivity contribution in [3.63, 3.8) is 0 Å². The minimum absolute atomic E-state index is 0.565. The van der Waals surface area contributed by atoms with E-state index in [0.29, 0.717) is 5.82 Å². The van der Waals surface area contributed by atoms with Crippen LogP contribution in [-0.4, -0.2) is 4.98 Å². The van der Waals surface area contributed by atoms with Crippen LogP contribution in [0.4, 0.5) is 5.82 Å². The second-order valence-electron chi connectivity index (χ2n) is 1.99. The van der Waals surface area contributed by atoms with E-state index in [9.17, 15) is 0 Å². The number of rotatable bonds is 1. The number of hydrogen-bond donors (Lipinski definition) is 1. The summed E-state index contributed by atoms with van der Waals surface area (Å²) in [6.07, 6.45) is 3.85. The van der Waals surface area contributed by atoms with E-state index in [1.807, 2.05) is 31.2 Å². The molecular formula is C8H10N2. The zero-order valence-corrected chi connectivity index (χ0v) is 5.91. The number of aromatic nitrogens is 1. The van der Waals surface area contributed by atoms with Crippen molar-refractivity contribution in [3.05, 3.63) is 30.0 Å². The van der Waals surface area contributed by atoms with Crippen molar-refractivity contribution in [1.29, 1.82) is 0 Å². The van der Waals surface area contributed by atoms with Crippen LogP contribution in [0.2, 0.25) is 0 Å². The predicted octanol–water partition coefficient (Wildman–Crippen LogP) is 1.70. The zero-order chi connectivity index (χ0) is 7.40. The van der Waals surface area contributed by atoms with Crippen LogP contribution < -0.4 is 5.73 Å². The van der Waals surface area contributed by atoms with Gasteiger partial charge < -0.3 is 5.73 Å². The first-order chi connectivity index (χ1) is 4.83. The van der Waals surface area contributed by atoms with Crippen LogP contribution in [0.5, 0.6) is 0 Å². The molecule has 0 aromatic carbocycles. The molecule has 1 rings (SSSR count). The summed E-state index contributed by atoms with van der Waals surface area (Å²) in [5.41, 5.74) is 6.35. The average molecular weight is 134 g/mol. The van der Waals surface area contributed by atoms with Gasteiger partial charge in [0.25, 0.3) is 0 Å². The summed E-state index contributed by atoms with van der Waals surface area (Å²) < 4.78 is 0. The highest BCUT2D eigenvalue weighted by atomic mass is 14.8. The quantitative estimate of drug-likeness (QED) is 0.634. The van der Waals surface area contributed by atoms with Crippen molar-refractivity contribution in [3.8, 4) is 0 Å². The van der Waals surface area contributed by atoms with E-state index in [-0.39, 0.29) is 0 Å². The van der Waals surface area contributed by atoms with Gasteiger partial charge in [-0.25, -0.2) is 4.98 Å². The highest BCUT2D eigenvalue weighted by Gasteiger charge is 1.86. The van der Waals surface area contributed by atoms with Gasteiger partial charge in [0.15, 0.2) is 0 Å². The Hall–Kier alpha value is -1.31. The molecule has 0 aliphatic heterocycles. The molecule has 0 spiro atoms. The van der Waals surface area contributed by atoms with Crippen molar-refractivity contribution in [2.45, 2.75) is 6.92 Å².